The highest BCUT2D eigenvalue weighted by Crippen LogP contribution is 2.40. The predicted octanol–water partition coefficient (Wildman–Crippen LogP) is 4.23. The van der Waals surface area contributed by atoms with Crippen LogP contribution in [0.1, 0.15) is 52.6 Å². The highest BCUT2D eigenvalue weighted by molar-refractivity contribution is 5.43. The summed E-state index contributed by atoms with van der Waals surface area (Å²) in [5, 5.41) is 0. The molecule has 1 nitrogen and oxygen atoms in total. The van der Waals surface area contributed by atoms with E-state index in [1.165, 1.54) is 27.8 Å². The molecule has 0 radical (unpaired) electrons. The Kier molecular flexibility index (Phi) is 3.16. The molecule has 1 heteroatoms. The van der Waals surface area contributed by atoms with Gasteiger partial charge in [-0.05, 0) is 54.5 Å². The van der Waals surface area contributed by atoms with Crippen molar-refractivity contribution in [2.75, 3.05) is 0 Å². The molecule has 0 bridgehead atoms. The molecule has 1 unspecified atom stereocenters. The zero-order valence-corrected chi connectivity index (χ0v) is 11.7. The van der Waals surface area contributed by atoms with Crippen molar-refractivity contribution in [3.63, 3.8) is 0 Å². The molecule has 0 heterocycles. The van der Waals surface area contributed by atoms with Gasteiger partial charge in [-0.2, -0.15) is 0 Å². The fourth-order valence-electron chi connectivity index (χ4n) is 3.15. The van der Waals surface area contributed by atoms with Crippen molar-refractivity contribution >= 4 is 0 Å². The summed E-state index contributed by atoms with van der Waals surface area (Å²) in [6.45, 7) is 4.36. The number of nitrogens with two attached hydrogens (primary N) is 1. The van der Waals surface area contributed by atoms with Crippen molar-refractivity contribution in [1.29, 1.82) is 0 Å². The second-order valence-electron chi connectivity index (χ2n) is 5.71. The van der Waals surface area contributed by atoms with Gasteiger partial charge >= 0.3 is 0 Å². The van der Waals surface area contributed by atoms with Crippen LogP contribution < -0.4 is 5.73 Å². The Morgan fingerprint density at radius 1 is 0.895 bits per heavy atom. The fraction of sp³-hybridized carbons (Fsp3) is 0.333. The molecule has 0 saturated carbocycles. The maximum absolute atomic E-state index is 6.24. The minimum absolute atomic E-state index is 0.207. The SMILES string of the molecule is Cc1ccc(C2CC[C@H](N)c3ccccc32)cc1C. The molecule has 1 aliphatic carbocycles. The summed E-state index contributed by atoms with van der Waals surface area (Å²) in [6.07, 6.45) is 2.23. The molecule has 0 saturated heterocycles. The van der Waals surface area contributed by atoms with Gasteiger partial charge in [0.25, 0.3) is 0 Å². The van der Waals surface area contributed by atoms with E-state index in [-0.39, 0.29) is 6.04 Å². The van der Waals surface area contributed by atoms with Gasteiger partial charge < -0.3 is 5.73 Å². The summed E-state index contributed by atoms with van der Waals surface area (Å²) in [7, 11) is 0. The van der Waals surface area contributed by atoms with Crippen LogP contribution in [-0.2, 0) is 0 Å². The van der Waals surface area contributed by atoms with E-state index in [0.29, 0.717) is 5.92 Å². The van der Waals surface area contributed by atoms with Gasteiger partial charge in [0.05, 0.1) is 0 Å². The highest BCUT2D eigenvalue weighted by Gasteiger charge is 2.25. The molecule has 0 fully saturated rings. The van der Waals surface area contributed by atoms with Crippen molar-refractivity contribution in [2.45, 2.75) is 38.6 Å². The lowest BCUT2D eigenvalue weighted by molar-refractivity contribution is 0.530. The quantitative estimate of drug-likeness (QED) is 0.806. The zero-order valence-electron chi connectivity index (χ0n) is 11.7. The molecule has 2 aromatic carbocycles. The zero-order chi connectivity index (χ0) is 13.4. The summed E-state index contributed by atoms with van der Waals surface area (Å²) in [5.74, 6) is 0.510. The van der Waals surface area contributed by atoms with E-state index in [0.717, 1.165) is 12.8 Å². The van der Waals surface area contributed by atoms with E-state index in [1.54, 1.807) is 0 Å². The molecule has 2 aromatic rings. The number of fused-ring (bicyclic) bond motifs is 1. The van der Waals surface area contributed by atoms with Crippen LogP contribution in [0.15, 0.2) is 42.5 Å². The number of hydrogen-bond acceptors (Lipinski definition) is 1. The third kappa shape index (κ3) is 2.19. The van der Waals surface area contributed by atoms with Gasteiger partial charge in [-0.25, -0.2) is 0 Å². The Hall–Kier alpha value is -1.60. The molecule has 0 aliphatic heterocycles. The standard InChI is InChI=1S/C18H21N/c1-12-7-8-14(11-13(12)2)15-9-10-18(19)17-6-4-3-5-16(15)17/h3-8,11,15,18H,9-10,19H2,1-2H3/t15?,18-/m0/s1. The number of aryl methyl sites for hydroxylation is 2. The second-order valence-corrected chi connectivity index (χ2v) is 5.71. The minimum atomic E-state index is 0.207. The van der Waals surface area contributed by atoms with Crippen molar-refractivity contribution < 1.29 is 0 Å². The Balaban J connectivity index is 2.07. The van der Waals surface area contributed by atoms with Crippen LogP contribution in [0.2, 0.25) is 0 Å². The van der Waals surface area contributed by atoms with Gasteiger partial charge in [-0.1, -0.05) is 42.5 Å². The Labute approximate surface area is 115 Å². The highest BCUT2D eigenvalue weighted by atomic mass is 14.6. The Morgan fingerprint density at radius 2 is 1.63 bits per heavy atom. The average molecular weight is 251 g/mol. The first-order valence-electron chi connectivity index (χ1n) is 7.08. The third-order valence-corrected chi connectivity index (χ3v) is 4.47. The molecule has 19 heavy (non-hydrogen) atoms. The van der Waals surface area contributed by atoms with E-state index in [9.17, 15) is 0 Å². The molecule has 1 aliphatic rings. The lowest BCUT2D eigenvalue weighted by Gasteiger charge is -2.30. The number of rotatable bonds is 1. The molecule has 3 rings (SSSR count). The van der Waals surface area contributed by atoms with Crippen molar-refractivity contribution in [3.05, 3.63) is 70.3 Å². The second kappa shape index (κ2) is 4.82. The summed E-state index contributed by atoms with van der Waals surface area (Å²) in [6, 6.07) is 15.7. The van der Waals surface area contributed by atoms with Crippen LogP contribution in [0.3, 0.4) is 0 Å². The topological polar surface area (TPSA) is 26.0 Å². The number of benzene rings is 2. The summed E-state index contributed by atoms with van der Waals surface area (Å²) in [4.78, 5) is 0. The first-order valence-corrected chi connectivity index (χ1v) is 7.08. The third-order valence-electron chi connectivity index (χ3n) is 4.47. The lowest BCUT2D eigenvalue weighted by Crippen LogP contribution is -2.21. The first-order chi connectivity index (χ1) is 9.16. The van der Waals surface area contributed by atoms with Crippen molar-refractivity contribution in [3.8, 4) is 0 Å². The molecule has 2 N–H and O–H groups in total. The van der Waals surface area contributed by atoms with Gasteiger partial charge in [0.15, 0.2) is 0 Å². The van der Waals surface area contributed by atoms with E-state index < -0.39 is 0 Å². The van der Waals surface area contributed by atoms with E-state index in [4.69, 9.17) is 5.73 Å². The minimum Gasteiger partial charge on any atom is -0.324 e. The van der Waals surface area contributed by atoms with Crippen molar-refractivity contribution in [2.24, 2.45) is 5.73 Å². The summed E-state index contributed by atoms with van der Waals surface area (Å²) >= 11 is 0. The molecular formula is C18H21N. The van der Waals surface area contributed by atoms with Gasteiger partial charge in [-0.15, -0.1) is 0 Å². The van der Waals surface area contributed by atoms with Gasteiger partial charge in [0.1, 0.15) is 0 Å². The van der Waals surface area contributed by atoms with Gasteiger partial charge in [0.2, 0.25) is 0 Å². The Morgan fingerprint density at radius 3 is 2.37 bits per heavy atom. The fourth-order valence-corrected chi connectivity index (χ4v) is 3.15. The normalized spacial score (nSPS) is 22.1. The van der Waals surface area contributed by atoms with Crippen LogP contribution in [0.25, 0.3) is 0 Å². The molecule has 2 atom stereocenters. The number of hydrogen-bond donors (Lipinski definition) is 1. The first kappa shape index (κ1) is 12.4. The maximum Gasteiger partial charge on any atom is 0.0298 e. The summed E-state index contributed by atoms with van der Waals surface area (Å²) < 4.78 is 0. The van der Waals surface area contributed by atoms with E-state index in [1.807, 2.05) is 0 Å². The summed E-state index contributed by atoms with van der Waals surface area (Å²) in [5.41, 5.74) is 13.2. The Bertz CT molecular complexity index is 600. The van der Waals surface area contributed by atoms with Crippen LogP contribution in [0.5, 0.6) is 0 Å². The van der Waals surface area contributed by atoms with E-state index in [2.05, 4.69) is 56.3 Å². The monoisotopic (exact) mass is 251 g/mol. The van der Waals surface area contributed by atoms with Crippen molar-refractivity contribution in [1.82, 2.24) is 0 Å². The smallest absolute Gasteiger partial charge is 0.0298 e. The largest absolute Gasteiger partial charge is 0.324 e. The molecule has 0 amide bonds. The maximum atomic E-state index is 6.24. The van der Waals surface area contributed by atoms with Crippen LogP contribution in [0.4, 0.5) is 0 Å². The van der Waals surface area contributed by atoms with Crippen LogP contribution in [0, 0.1) is 13.8 Å². The molecule has 0 spiro atoms. The van der Waals surface area contributed by atoms with Gasteiger partial charge in [-0.3, -0.25) is 0 Å². The molecular weight excluding hydrogens is 230 g/mol. The van der Waals surface area contributed by atoms with Crippen LogP contribution >= 0.6 is 0 Å². The lowest BCUT2D eigenvalue weighted by atomic mass is 9.76. The predicted molar refractivity (Wildman–Crippen MR) is 80.4 cm³/mol. The van der Waals surface area contributed by atoms with E-state index >= 15 is 0 Å². The van der Waals surface area contributed by atoms with Crippen LogP contribution in [-0.4, -0.2) is 0 Å². The molecule has 98 valence electrons. The van der Waals surface area contributed by atoms with Gasteiger partial charge in [0, 0.05) is 12.0 Å². The average Bonchev–Trinajstić information content (AvgIpc) is 2.43. The molecule has 0 aromatic heterocycles.